The monoisotopic (exact) mass is 314 g/mol. The summed E-state index contributed by atoms with van der Waals surface area (Å²) in [6.45, 7) is 3.71. The number of aromatic nitrogens is 2. The fraction of sp³-hybridized carbons (Fsp3) is 0.500. The van der Waals surface area contributed by atoms with Crippen molar-refractivity contribution in [3.05, 3.63) is 34.7 Å². The van der Waals surface area contributed by atoms with Gasteiger partial charge in [0.2, 0.25) is 0 Å². The predicted molar refractivity (Wildman–Crippen MR) is 93.7 cm³/mol. The van der Waals surface area contributed by atoms with E-state index in [1.165, 1.54) is 6.20 Å². The van der Waals surface area contributed by atoms with Crippen LogP contribution in [-0.2, 0) is 6.54 Å². The van der Waals surface area contributed by atoms with Crippen molar-refractivity contribution in [1.82, 2.24) is 19.7 Å². The second kappa shape index (κ2) is 7.15. The first-order valence-corrected chi connectivity index (χ1v) is 8.14. The zero-order valence-electron chi connectivity index (χ0n) is 13.8. The molecule has 0 spiro atoms. The second-order valence-electron chi connectivity index (χ2n) is 6.01. The summed E-state index contributed by atoms with van der Waals surface area (Å²) < 4.78 is 7.08. The lowest BCUT2D eigenvalue weighted by atomic mass is 10.0. The predicted octanol–water partition coefficient (Wildman–Crippen LogP) is 0.00720. The van der Waals surface area contributed by atoms with Gasteiger partial charge in [0.05, 0.1) is 24.3 Å². The van der Waals surface area contributed by atoms with Gasteiger partial charge in [-0.05, 0) is 44.1 Å². The summed E-state index contributed by atoms with van der Waals surface area (Å²) in [4.78, 5) is 18.9. The highest BCUT2D eigenvalue weighted by molar-refractivity contribution is 6.04. The third-order valence-electron chi connectivity index (χ3n) is 4.69. The van der Waals surface area contributed by atoms with E-state index >= 15 is 0 Å². The van der Waals surface area contributed by atoms with Gasteiger partial charge >= 0.3 is 0 Å². The van der Waals surface area contributed by atoms with Crippen LogP contribution in [0, 0.1) is 0 Å². The summed E-state index contributed by atoms with van der Waals surface area (Å²) in [7, 11) is 3.66. The van der Waals surface area contributed by atoms with Crippen molar-refractivity contribution in [3.63, 3.8) is 0 Å². The molecule has 1 saturated heterocycles. The van der Waals surface area contributed by atoms with Crippen molar-refractivity contribution in [2.75, 3.05) is 26.7 Å². The first-order valence-electron chi connectivity index (χ1n) is 8.14. The van der Waals surface area contributed by atoms with E-state index in [1.54, 1.807) is 11.7 Å². The minimum Gasteiger partial charge on any atom is -0.497 e. The van der Waals surface area contributed by atoms with Crippen molar-refractivity contribution in [1.29, 1.82) is 0 Å². The van der Waals surface area contributed by atoms with Crippen molar-refractivity contribution < 1.29 is 4.74 Å². The Morgan fingerprint density at radius 3 is 2.83 bits per heavy atom. The van der Waals surface area contributed by atoms with Gasteiger partial charge in [-0.2, -0.15) is 0 Å². The molecule has 1 N–H and O–H groups in total. The number of nitrogens with one attached hydrogen (secondary N) is 1. The number of likely N-dealkylation sites (tertiary alicyclic amines) is 1. The molecule has 23 heavy (non-hydrogen) atoms. The Bertz CT molecular complexity index is 726. The smallest absolute Gasteiger partial charge is 0.269 e. The van der Waals surface area contributed by atoms with Crippen LogP contribution in [-0.4, -0.2) is 55.2 Å². The highest BCUT2D eigenvalue weighted by Gasteiger charge is 2.17. The molecule has 7 heteroatoms. The van der Waals surface area contributed by atoms with E-state index in [9.17, 15) is 4.79 Å². The molecule has 122 valence electrons. The van der Waals surface area contributed by atoms with E-state index in [0.29, 0.717) is 12.6 Å². The molecule has 0 amide bonds. The van der Waals surface area contributed by atoms with Crippen LogP contribution >= 0.6 is 0 Å². The molecule has 0 unspecified atom stereocenters. The fourth-order valence-electron chi connectivity index (χ4n) is 3.19. The number of nitrogens with zero attached hydrogens (tertiary/aromatic N) is 3. The van der Waals surface area contributed by atoms with E-state index in [0.717, 1.165) is 49.3 Å². The first-order chi connectivity index (χ1) is 11.2. The summed E-state index contributed by atoms with van der Waals surface area (Å²) in [5.41, 5.74) is 1.59. The molecular weight excluding hydrogens is 291 g/mol. The molecule has 1 aliphatic rings. The Labute approximate surface area is 136 Å². The lowest BCUT2D eigenvalue weighted by Gasteiger charge is -2.32. The van der Waals surface area contributed by atoms with Crippen LogP contribution in [0.4, 0.5) is 0 Å². The molecule has 6 nitrogen and oxygen atoms in total. The summed E-state index contributed by atoms with van der Waals surface area (Å²) in [6, 6.07) is 6.27. The zero-order chi connectivity index (χ0) is 16.2. The third kappa shape index (κ3) is 3.56. The largest absolute Gasteiger partial charge is 0.497 e. The van der Waals surface area contributed by atoms with E-state index in [4.69, 9.17) is 4.74 Å². The lowest BCUT2D eigenvalue weighted by molar-refractivity contribution is 0.201. The summed E-state index contributed by atoms with van der Waals surface area (Å²) >= 11 is 0. The minimum atomic E-state index is -0.0594. The molecule has 2 aromatic rings. The first kappa shape index (κ1) is 16.0. The van der Waals surface area contributed by atoms with Crippen LogP contribution in [0.2, 0.25) is 0 Å². The minimum absolute atomic E-state index is 0.0594. The second-order valence-corrected chi connectivity index (χ2v) is 6.01. The van der Waals surface area contributed by atoms with Crippen LogP contribution in [0.1, 0.15) is 12.8 Å². The third-order valence-corrected chi connectivity index (χ3v) is 4.69. The number of fused-ring (bicyclic) bond motifs is 1. The number of piperidine rings is 1. The summed E-state index contributed by atoms with van der Waals surface area (Å²) in [5.74, 6) is 0.744. The number of methoxy groups -OCH3 is 1. The van der Waals surface area contributed by atoms with Crippen LogP contribution < -0.4 is 15.5 Å². The maximum atomic E-state index is 12.2. The Morgan fingerprint density at radius 1 is 1.35 bits per heavy atom. The maximum absolute atomic E-state index is 12.2. The number of benzene rings is 1. The van der Waals surface area contributed by atoms with Crippen LogP contribution in [0.5, 0.6) is 5.75 Å². The van der Waals surface area contributed by atoms with E-state index in [1.807, 2.05) is 26.2 Å². The number of hydrogen-bond acceptors (Lipinski definition) is 5. The SMILES string of the molecule is BNC1CCN(CCn2c(=O)cnc3ccc(OC)cc32)CC1. The van der Waals surface area contributed by atoms with Crippen LogP contribution in [0.25, 0.3) is 11.0 Å². The lowest BCUT2D eigenvalue weighted by Crippen LogP contribution is -2.43. The van der Waals surface area contributed by atoms with Gasteiger partial charge in [0.25, 0.3) is 5.56 Å². The van der Waals surface area contributed by atoms with Crippen molar-refractivity contribution in [2.24, 2.45) is 0 Å². The molecule has 1 aromatic heterocycles. The van der Waals surface area contributed by atoms with Gasteiger partial charge in [0.1, 0.15) is 5.75 Å². The van der Waals surface area contributed by atoms with Gasteiger partial charge in [-0.25, -0.2) is 4.98 Å². The topological polar surface area (TPSA) is 59.4 Å². The average Bonchev–Trinajstić information content (AvgIpc) is 2.61. The van der Waals surface area contributed by atoms with E-state index in [-0.39, 0.29) is 5.56 Å². The Hall–Kier alpha value is -1.86. The fourth-order valence-corrected chi connectivity index (χ4v) is 3.19. The Balaban J connectivity index is 1.77. The van der Waals surface area contributed by atoms with Gasteiger partial charge in [-0.1, -0.05) is 0 Å². The maximum Gasteiger partial charge on any atom is 0.269 e. The zero-order valence-corrected chi connectivity index (χ0v) is 13.8. The summed E-state index contributed by atoms with van der Waals surface area (Å²) in [5, 5.41) is 3.34. The molecular formula is C16H23BN4O2. The molecule has 0 atom stereocenters. The molecule has 1 aliphatic heterocycles. The van der Waals surface area contributed by atoms with E-state index in [2.05, 4.69) is 15.1 Å². The quantitative estimate of drug-likeness (QED) is 0.788. The molecule has 0 radical (unpaired) electrons. The highest BCUT2D eigenvalue weighted by atomic mass is 16.5. The standard InChI is InChI=1S/C16H23BN4O2/c1-23-13-2-3-14-15(10-13)21(16(22)11-18-14)9-8-20-6-4-12(19-17)5-7-20/h2-3,10-12,19H,4-9,17H2,1H3. The number of ether oxygens (including phenoxy) is 1. The van der Waals surface area contributed by atoms with E-state index < -0.39 is 0 Å². The average molecular weight is 314 g/mol. The number of rotatable bonds is 5. The Morgan fingerprint density at radius 2 is 2.13 bits per heavy atom. The van der Waals surface area contributed by atoms with Gasteiger partial charge in [0.15, 0.2) is 7.98 Å². The van der Waals surface area contributed by atoms with Gasteiger partial charge in [0, 0.05) is 19.2 Å². The molecule has 0 saturated carbocycles. The molecule has 0 bridgehead atoms. The van der Waals surface area contributed by atoms with Crippen molar-refractivity contribution in [3.8, 4) is 5.75 Å². The normalized spacial score (nSPS) is 16.7. The molecule has 1 fully saturated rings. The van der Waals surface area contributed by atoms with Crippen molar-refractivity contribution in [2.45, 2.75) is 25.4 Å². The molecule has 2 heterocycles. The highest BCUT2D eigenvalue weighted by Crippen LogP contribution is 2.18. The Kier molecular flexibility index (Phi) is 4.98. The van der Waals surface area contributed by atoms with Gasteiger partial charge in [-0.15, -0.1) is 0 Å². The van der Waals surface area contributed by atoms with Crippen molar-refractivity contribution >= 4 is 19.0 Å². The molecule has 0 aliphatic carbocycles. The molecule has 1 aromatic carbocycles. The van der Waals surface area contributed by atoms with Gasteiger partial charge in [-0.3, -0.25) is 4.79 Å². The van der Waals surface area contributed by atoms with Crippen LogP contribution in [0.3, 0.4) is 0 Å². The summed E-state index contributed by atoms with van der Waals surface area (Å²) in [6.07, 6.45) is 3.73. The molecule has 3 rings (SSSR count). The van der Waals surface area contributed by atoms with Gasteiger partial charge < -0.3 is 19.4 Å². The number of hydrogen-bond donors (Lipinski definition) is 1. The van der Waals surface area contributed by atoms with Crippen LogP contribution in [0.15, 0.2) is 29.2 Å².